The van der Waals surface area contributed by atoms with E-state index in [2.05, 4.69) is 20.2 Å². The molecule has 4 aromatic rings. The fraction of sp³-hybridized carbons (Fsp3) is 0.0500. The molecule has 0 unspecified atom stereocenters. The minimum atomic E-state index is 0.110. The normalized spacial score (nSPS) is 13.5. The van der Waals surface area contributed by atoms with Crippen LogP contribution in [0.1, 0.15) is 16.7 Å². The molecule has 1 aliphatic carbocycles. The molecule has 6 nitrogen and oxygen atoms in total. The number of carbonyl (C=O) groups is 1. The number of nitrogens with zero attached hydrogens (tertiary/aromatic N) is 5. The number of aromatic nitrogens is 5. The molecule has 0 atom stereocenters. The van der Waals surface area contributed by atoms with Crippen LogP contribution in [-0.2, 0) is 11.2 Å². The van der Waals surface area contributed by atoms with E-state index < -0.39 is 0 Å². The quantitative estimate of drug-likeness (QED) is 0.561. The zero-order chi connectivity index (χ0) is 17.5. The van der Waals surface area contributed by atoms with Crippen molar-refractivity contribution in [3.63, 3.8) is 0 Å². The van der Waals surface area contributed by atoms with Crippen LogP contribution in [-0.4, -0.2) is 30.3 Å². The molecule has 0 aliphatic heterocycles. The van der Waals surface area contributed by atoms with Crippen molar-refractivity contribution < 1.29 is 4.79 Å². The number of Topliss-reactive ketones (excluding diaryl/α,β-unsaturated/α-hetero) is 1. The molecule has 1 aliphatic rings. The molecule has 0 N–H and O–H groups in total. The summed E-state index contributed by atoms with van der Waals surface area (Å²) < 4.78 is 1.86. The maximum absolute atomic E-state index is 12.6. The molecule has 5 rings (SSSR count). The van der Waals surface area contributed by atoms with Crippen molar-refractivity contribution in [3.05, 3.63) is 77.7 Å². The third-order valence-electron chi connectivity index (χ3n) is 4.50. The van der Waals surface area contributed by atoms with Crippen molar-refractivity contribution in [2.24, 2.45) is 0 Å². The third kappa shape index (κ3) is 2.23. The number of hydrogen-bond donors (Lipinski definition) is 0. The summed E-state index contributed by atoms with van der Waals surface area (Å²) in [6.45, 7) is 0. The number of fused-ring (bicyclic) bond motifs is 3. The maximum Gasteiger partial charge on any atom is 0.206 e. The van der Waals surface area contributed by atoms with Crippen molar-refractivity contribution in [2.45, 2.75) is 6.42 Å². The second kappa shape index (κ2) is 5.70. The van der Waals surface area contributed by atoms with Gasteiger partial charge in [-0.05, 0) is 29.3 Å². The molecule has 3 aromatic heterocycles. The molecule has 0 amide bonds. The highest BCUT2D eigenvalue weighted by molar-refractivity contribution is 6.28. The molecular weight excluding hydrogens is 326 g/mol. The van der Waals surface area contributed by atoms with E-state index in [4.69, 9.17) is 0 Å². The molecule has 0 radical (unpaired) electrons. The minimum Gasteiger partial charge on any atom is -0.294 e. The van der Waals surface area contributed by atoms with E-state index in [0.717, 1.165) is 16.7 Å². The minimum absolute atomic E-state index is 0.110. The number of pyridine rings is 1. The van der Waals surface area contributed by atoms with E-state index in [1.54, 1.807) is 18.5 Å². The zero-order valence-corrected chi connectivity index (χ0v) is 13.7. The van der Waals surface area contributed by atoms with Gasteiger partial charge in [-0.15, -0.1) is 10.2 Å². The van der Waals surface area contributed by atoms with E-state index in [-0.39, 0.29) is 5.78 Å². The first-order valence-corrected chi connectivity index (χ1v) is 8.25. The summed E-state index contributed by atoms with van der Waals surface area (Å²) in [5.74, 6) is 1.20. The monoisotopic (exact) mass is 339 g/mol. The standard InChI is InChI=1S/C20H13N5O/c26-17-11-14-7-10-25-19(23-24-20(25)18-21-8-4-9-22-18)16(14)12-15(17)13-5-2-1-3-6-13/h1-10,12H,11H2. The molecule has 6 heteroatoms. The average molecular weight is 339 g/mol. The van der Waals surface area contributed by atoms with Gasteiger partial charge in [0.05, 0.1) is 0 Å². The first-order chi connectivity index (χ1) is 12.8. The Morgan fingerprint density at radius 3 is 2.54 bits per heavy atom. The maximum atomic E-state index is 12.6. The lowest BCUT2D eigenvalue weighted by atomic mass is 9.88. The topological polar surface area (TPSA) is 73.0 Å². The van der Waals surface area contributed by atoms with Crippen LogP contribution < -0.4 is 0 Å². The van der Waals surface area contributed by atoms with Gasteiger partial charge in [0.2, 0.25) is 5.82 Å². The molecule has 0 spiro atoms. The van der Waals surface area contributed by atoms with Crippen LogP contribution in [0, 0.1) is 0 Å². The molecule has 1 aromatic carbocycles. The van der Waals surface area contributed by atoms with Gasteiger partial charge in [-0.25, -0.2) is 9.97 Å². The molecule has 0 saturated heterocycles. The number of rotatable bonds is 2. The van der Waals surface area contributed by atoms with Crippen LogP contribution in [0.5, 0.6) is 0 Å². The van der Waals surface area contributed by atoms with Gasteiger partial charge in [0, 0.05) is 36.1 Å². The zero-order valence-electron chi connectivity index (χ0n) is 13.7. The first-order valence-electron chi connectivity index (χ1n) is 8.25. The molecule has 0 saturated carbocycles. The molecular formula is C20H13N5O. The van der Waals surface area contributed by atoms with Gasteiger partial charge in [0.1, 0.15) is 0 Å². The Bertz CT molecular complexity index is 1160. The summed E-state index contributed by atoms with van der Waals surface area (Å²) in [5, 5.41) is 8.60. The highest BCUT2D eigenvalue weighted by Gasteiger charge is 2.23. The van der Waals surface area contributed by atoms with Crippen LogP contribution in [0.25, 0.3) is 28.9 Å². The highest BCUT2D eigenvalue weighted by Crippen LogP contribution is 2.31. The van der Waals surface area contributed by atoms with Gasteiger partial charge in [-0.3, -0.25) is 9.20 Å². The van der Waals surface area contributed by atoms with Crippen LogP contribution in [0.3, 0.4) is 0 Å². The van der Waals surface area contributed by atoms with Gasteiger partial charge in [0.15, 0.2) is 17.3 Å². The lowest BCUT2D eigenvalue weighted by Gasteiger charge is -2.16. The van der Waals surface area contributed by atoms with Gasteiger partial charge < -0.3 is 0 Å². The van der Waals surface area contributed by atoms with E-state index in [1.165, 1.54) is 0 Å². The number of benzene rings is 1. The van der Waals surface area contributed by atoms with E-state index in [0.29, 0.717) is 29.3 Å². The van der Waals surface area contributed by atoms with Crippen LogP contribution in [0.4, 0.5) is 0 Å². The Labute approximate surface area is 148 Å². The third-order valence-corrected chi connectivity index (χ3v) is 4.50. The summed E-state index contributed by atoms with van der Waals surface area (Å²) >= 11 is 0. The summed E-state index contributed by atoms with van der Waals surface area (Å²) in [4.78, 5) is 21.1. The smallest absolute Gasteiger partial charge is 0.206 e. The van der Waals surface area contributed by atoms with Crippen LogP contribution >= 0.6 is 0 Å². The SMILES string of the molecule is O=C1Cc2ccn3c(-c4ncccn4)nnc3c2C=C1c1ccccc1. The van der Waals surface area contributed by atoms with Crippen molar-refractivity contribution >= 4 is 23.1 Å². The first kappa shape index (κ1) is 14.7. The van der Waals surface area contributed by atoms with Crippen molar-refractivity contribution in [2.75, 3.05) is 0 Å². The summed E-state index contributed by atoms with van der Waals surface area (Å²) in [6, 6.07) is 13.4. The predicted octanol–water partition coefficient (Wildman–Crippen LogP) is 2.85. The lowest BCUT2D eigenvalue weighted by molar-refractivity contribution is -0.113. The summed E-state index contributed by atoms with van der Waals surface area (Å²) in [7, 11) is 0. The Hall–Kier alpha value is -3.67. The molecule has 124 valence electrons. The van der Waals surface area contributed by atoms with Crippen molar-refractivity contribution in [3.8, 4) is 11.6 Å². The second-order valence-corrected chi connectivity index (χ2v) is 6.07. The Balaban J connectivity index is 1.72. The molecule has 0 fully saturated rings. The summed E-state index contributed by atoms with van der Waals surface area (Å²) in [6.07, 6.45) is 7.49. The molecule has 0 bridgehead atoms. The Morgan fingerprint density at radius 1 is 0.923 bits per heavy atom. The van der Waals surface area contributed by atoms with Crippen LogP contribution in [0.2, 0.25) is 0 Å². The lowest BCUT2D eigenvalue weighted by Crippen LogP contribution is -2.12. The van der Waals surface area contributed by atoms with Crippen molar-refractivity contribution in [1.82, 2.24) is 24.6 Å². The van der Waals surface area contributed by atoms with Gasteiger partial charge in [-0.2, -0.15) is 0 Å². The van der Waals surface area contributed by atoms with E-state index in [9.17, 15) is 4.79 Å². The predicted molar refractivity (Wildman–Crippen MR) is 97.0 cm³/mol. The molecule has 3 heterocycles. The largest absolute Gasteiger partial charge is 0.294 e. The number of hydrogen-bond acceptors (Lipinski definition) is 5. The number of ketones is 1. The van der Waals surface area contributed by atoms with Gasteiger partial charge in [-0.1, -0.05) is 30.3 Å². The highest BCUT2D eigenvalue weighted by atomic mass is 16.1. The number of allylic oxidation sites excluding steroid dienone is 1. The van der Waals surface area contributed by atoms with Gasteiger partial charge >= 0.3 is 0 Å². The summed E-state index contributed by atoms with van der Waals surface area (Å²) in [5.41, 5.74) is 4.18. The van der Waals surface area contributed by atoms with E-state index >= 15 is 0 Å². The van der Waals surface area contributed by atoms with E-state index in [1.807, 2.05) is 53.1 Å². The van der Waals surface area contributed by atoms with Gasteiger partial charge in [0.25, 0.3) is 0 Å². The number of carbonyl (C=O) groups excluding carboxylic acids is 1. The Morgan fingerprint density at radius 2 is 1.73 bits per heavy atom. The second-order valence-electron chi connectivity index (χ2n) is 6.07. The molecule has 26 heavy (non-hydrogen) atoms. The average Bonchev–Trinajstić information content (AvgIpc) is 3.13. The fourth-order valence-corrected chi connectivity index (χ4v) is 3.25. The van der Waals surface area contributed by atoms with Crippen molar-refractivity contribution in [1.29, 1.82) is 0 Å². The van der Waals surface area contributed by atoms with Crippen LogP contribution in [0.15, 0.2) is 61.1 Å². The fourth-order valence-electron chi connectivity index (χ4n) is 3.25. The Kier molecular flexibility index (Phi) is 3.21.